The van der Waals surface area contributed by atoms with Gasteiger partial charge < -0.3 is 15.5 Å². The largest absolute Gasteiger partial charge is 0.478 e. The second-order valence-electron chi connectivity index (χ2n) is 3.64. The molecule has 0 saturated heterocycles. The highest BCUT2D eigenvalue weighted by atomic mass is 79.9. The third-order valence-electron chi connectivity index (χ3n) is 2.25. The molecule has 17 heavy (non-hydrogen) atoms. The number of benzene rings is 1. The molecule has 0 saturated carbocycles. The number of carboxylic acid groups (broad SMARTS) is 1. The Morgan fingerprint density at radius 3 is 2.76 bits per heavy atom. The molecular formula is C11H13BrClNO3. The molecule has 0 aliphatic carbocycles. The maximum absolute atomic E-state index is 11.0. The minimum absolute atomic E-state index is 0.127. The van der Waals surface area contributed by atoms with Gasteiger partial charge in [0.1, 0.15) is 0 Å². The lowest BCUT2D eigenvalue weighted by Crippen LogP contribution is -2.21. The van der Waals surface area contributed by atoms with Gasteiger partial charge in [0.2, 0.25) is 0 Å². The first-order chi connectivity index (χ1) is 7.95. The molecule has 1 atom stereocenters. The number of aromatic carboxylic acids is 1. The third kappa shape index (κ3) is 3.87. The number of aliphatic hydroxyl groups excluding tert-OH is 1. The van der Waals surface area contributed by atoms with E-state index >= 15 is 0 Å². The Hall–Kier alpha value is -0.780. The lowest BCUT2D eigenvalue weighted by molar-refractivity contribution is 0.0696. The molecule has 0 spiro atoms. The first kappa shape index (κ1) is 14.3. The van der Waals surface area contributed by atoms with Crippen molar-refractivity contribution >= 4 is 39.2 Å². The summed E-state index contributed by atoms with van der Waals surface area (Å²) in [4.78, 5) is 11.0. The summed E-state index contributed by atoms with van der Waals surface area (Å²) in [5.41, 5.74) is 1.53. The van der Waals surface area contributed by atoms with Crippen molar-refractivity contribution < 1.29 is 15.0 Å². The highest BCUT2D eigenvalue weighted by Gasteiger charge is 2.11. The van der Waals surface area contributed by atoms with Gasteiger partial charge in [-0.05, 0) is 40.5 Å². The van der Waals surface area contributed by atoms with Crippen molar-refractivity contribution in [2.24, 2.45) is 0 Å². The van der Waals surface area contributed by atoms with Gasteiger partial charge in [-0.3, -0.25) is 0 Å². The Bertz CT molecular complexity index is 425. The Labute approximate surface area is 113 Å². The van der Waals surface area contributed by atoms with Gasteiger partial charge in [0.05, 0.1) is 17.5 Å². The summed E-state index contributed by atoms with van der Waals surface area (Å²) in [6.07, 6.45) is -0.668. The number of aryl methyl sites for hydroxylation is 1. The van der Waals surface area contributed by atoms with E-state index in [-0.39, 0.29) is 18.0 Å². The third-order valence-corrected chi connectivity index (χ3v) is 3.26. The molecule has 0 heterocycles. The highest BCUT2D eigenvalue weighted by molar-refractivity contribution is 9.10. The molecule has 0 amide bonds. The van der Waals surface area contributed by atoms with Crippen LogP contribution in [0.5, 0.6) is 0 Å². The number of carbonyl (C=O) groups is 1. The molecule has 3 N–H and O–H groups in total. The van der Waals surface area contributed by atoms with Gasteiger partial charge in [-0.1, -0.05) is 0 Å². The van der Waals surface area contributed by atoms with Crippen molar-refractivity contribution in [3.8, 4) is 0 Å². The van der Waals surface area contributed by atoms with Crippen LogP contribution in [-0.2, 0) is 0 Å². The summed E-state index contributed by atoms with van der Waals surface area (Å²) < 4.78 is 0.752. The van der Waals surface area contributed by atoms with E-state index in [1.165, 1.54) is 6.07 Å². The Morgan fingerprint density at radius 2 is 2.24 bits per heavy atom. The molecule has 1 unspecified atom stereocenters. The number of rotatable bonds is 5. The maximum Gasteiger partial charge on any atom is 0.336 e. The van der Waals surface area contributed by atoms with Gasteiger partial charge in [0.25, 0.3) is 0 Å². The van der Waals surface area contributed by atoms with Crippen LogP contribution in [0.3, 0.4) is 0 Å². The fraction of sp³-hybridized carbons (Fsp3) is 0.364. The SMILES string of the molecule is Cc1cc(Br)c(NCC(O)CCl)cc1C(=O)O. The van der Waals surface area contributed by atoms with Crippen molar-refractivity contribution in [1.29, 1.82) is 0 Å². The number of halogens is 2. The number of anilines is 1. The fourth-order valence-electron chi connectivity index (χ4n) is 1.32. The quantitative estimate of drug-likeness (QED) is 0.728. The van der Waals surface area contributed by atoms with Crippen molar-refractivity contribution in [2.75, 3.05) is 17.7 Å². The van der Waals surface area contributed by atoms with E-state index in [0.717, 1.165) is 4.47 Å². The van der Waals surface area contributed by atoms with E-state index in [0.29, 0.717) is 11.3 Å². The molecule has 6 heteroatoms. The average Bonchev–Trinajstić information content (AvgIpc) is 2.26. The van der Waals surface area contributed by atoms with Gasteiger partial charge in [0.15, 0.2) is 0 Å². The van der Waals surface area contributed by atoms with Crippen LogP contribution in [0.2, 0.25) is 0 Å². The predicted molar refractivity (Wildman–Crippen MR) is 71.1 cm³/mol. The second kappa shape index (κ2) is 6.23. The molecule has 4 nitrogen and oxygen atoms in total. The van der Waals surface area contributed by atoms with Crippen LogP contribution >= 0.6 is 27.5 Å². The predicted octanol–water partition coefficient (Wildman–Crippen LogP) is 2.47. The van der Waals surface area contributed by atoms with E-state index in [2.05, 4.69) is 21.2 Å². The van der Waals surface area contributed by atoms with Crippen molar-refractivity contribution in [3.05, 3.63) is 27.7 Å². The Kier molecular flexibility index (Phi) is 5.24. The summed E-state index contributed by atoms with van der Waals surface area (Å²) in [6, 6.07) is 3.25. The molecule has 0 aromatic heterocycles. The summed E-state index contributed by atoms with van der Waals surface area (Å²) in [7, 11) is 0. The van der Waals surface area contributed by atoms with Crippen LogP contribution in [0.1, 0.15) is 15.9 Å². The first-order valence-corrected chi connectivity index (χ1v) is 6.29. The molecule has 0 bridgehead atoms. The first-order valence-electron chi connectivity index (χ1n) is 4.97. The summed E-state index contributed by atoms with van der Waals surface area (Å²) in [5.74, 6) is -0.849. The molecule has 0 aliphatic heterocycles. The maximum atomic E-state index is 11.0. The van der Waals surface area contributed by atoms with Crippen LogP contribution in [0, 0.1) is 6.92 Å². The van der Waals surface area contributed by atoms with Crippen molar-refractivity contribution in [2.45, 2.75) is 13.0 Å². The fourth-order valence-corrected chi connectivity index (χ4v) is 2.03. The van der Waals surface area contributed by atoms with Gasteiger partial charge >= 0.3 is 5.97 Å². The van der Waals surface area contributed by atoms with Gasteiger partial charge in [0, 0.05) is 16.7 Å². The molecule has 0 aliphatic rings. The van der Waals surface area contributed by atoms with Crippen molar-refractivity contribution in [3.63, 3.8) is 0 Å². The van der Waals surface area contributed by atoms with Crippen LogP contribution < -0.4 is 5.32 Å². The normalized spacial score (nSPS) is 12.2. The summed E-state index contributed by atoms with van der Waals surface area (Å²) in [5, 5.41) is 21.2. The molecule has 0 fully saturated rings. The minimum atomic E-state index is -0.976. The van der Waals surface area contributed by atoms with Crippen molar-refractivity contribution in [1.82, 2.24) is 0 Å². The van der Waals surface area contributed by atoms with Crippen LogP contribution in [0.25, 0.3) is 0 Å². The van der Waals surface area contributed by atoms with Gasteiger partial charge in [-0.15, -0.1) is 11.6 Å². The zero-order valence-corrected chi connectivity index (χ0v) is 11.5. The van der Waals surface area contributed by atoms with E-state index in [4.69, 9.17) is 16.7 Å². The lowest BCUT2D eigenvalue weighted by Gasteiger charge is -2.13. The molecule has 0 radical (unpaired) electrons. The van der Waals surface area contributed by atoms with E-state index < -0.39 is 12.1 Å². The molecule has 1 aromatic carbocycles. The number of carboxylic acids is 1. The van der Waals surface area contributed by atoms with E-state index in [1.807, 2.05) is 0 Å². The Balaban J connectivity index is 2.92. The topological polar surface area (TPSA) is 69.6 Å². The molecule has 94 valence electrons. The number of hydrogen-bond donors (Lipinski definition) is 3. The number of aliphatic hydroxyl groups is 1. The molecular weight excluding hydrogens is 309 g/mol. The monoisotopic (exact) mass is 321 g/mol. The minimum Gasteiger partial charge on any atom is -0.478 e. The Morgan fingerprint density at radius 1 is 1.59 bits per heavy atom. The van der Waals surface area contributed by atoms with E-state index in [9.17, 15) is 9.90 Å². The van der Waals surface area contributed by atoms with Gasteiger partial charge in [-0.25, -0.2) is 4.79 Å². The van der Waals surface area contributed by atoms with Gasteiger partial charge in [-0.2, -0.15) is 0 Å². The highest BCUT2D eigenvalue weighted by Crippen LogP contribution is 2.26. The number of hydrogen-bond acceptors (Lipinski definition) is 3. The zero-order chi connectivity index (χ0) is 13.0. The van der Waals surface area contributed by atoms with E-state index in [1.54, 1.807) is 13.0 Å². The standard InChI is InChI=1S/C11H13BrClNO3/c1-6-2-9(12)10(3-8(6)11(16)17)14-5-7(15)4-13/h2-3,7,14-15H,4-5H2,1H3,(H,16,17). The lowest BCUT2D eigenvalue weighted by atomic mass is 10.1. The number of nitrogens with one attached hydrogen (secondary N) is 1. The summed E-state index contributed by atoms with van der Waals surface area (Å²) >= 11 is 8.80. The van der Waals surface area contributed by atoms with Crippen LogP contribution in [0.15, 0.2) is 16.6 Å². The summed E-state index contributed by atoms with van der Waals surface area (Å²) in [6.45, 7) is 2.00. The average molecular weight is 323 g/mol. The zero-order valence-electron chi connectivity index (χ0n) is 9.20. The van der Waals surface area contributed by atoms with Crippen LogP contribution in [0.4, 0.5) is 5.69 Å². The molecule has 1 rings (SSSR count). The smallest absolute Gasteiger partial charge is 0.336 e. The number of alkyl halides is 1. The molecule has 1 aromatic rings. The second-order valence-corrected chi connectivity index (χ2v) is 4.80. The van der Waals surface area contributed by atoms with Crippen LogP contribution in [-0.4, -0.2) is 34.7 Å².